The minimum atomic E-state index is -3.56. The van der Waals surface area contributed by atoms with Crippen molar-refractivity contribution in [3.63, 3.8) is 0 Å². The second-order valence-electron chi connectivity index (χ2n) is 8.17. The fourth-order valence-corrected chi connectivity index (χ4v) is 4.97. The van der Waals surface area contributed by atoms with Gasteiger partial charge in [0.15, 0.2) is 0 Å². The molecule has 1 aliphatic rings. The molecule has 3 rings (SSSR count). The fraction of sp³-hybridized carbons (Fsp3) is 0.500. The molecule has 1 aromatic heterocycles. The summed E-state index contributed by atoms with van der Waals surface area (Å²) in [5.41, 5.74) is 1.60. The van der Waals surface area contributed by atoms with Crippen molar-refractivity contribution < 1.29 is 13.2 Å². The molecule has 0 atom stereocenters. The SMILES string of the molecule is CC(C)(C)c1cc(C(=O)NCc2ccccc2S(=O)(=O)N2CCCCC2)n[nH]1. The first-order valence-corrected chi connectivity index (χ1v) is 11.1. The van der Waals surface area contributed by atoms with Gasteiger partial charge in [-0.05, 0) is 30.5 Å². The van der Waals surface area contributed by atoms with Crippen LogP contribution in [0.15, 0.2) is 35.2 Å². The van der Waals surface area contributed by atoms with Crippen LogP contribution in [0.2, 0.25) is 0 Å². The van der Waals surface area contributed by atoms with Gasteiger partial charge in [0.25, 0.3) is 5.91 Å². The second kappa shape index (κ2) is 8.05. The van der Waals surface area contributed by atoms with Gasteiger partial charge in [0.2, 0.25) is 10.0 Å². The molecule has 1 fully saturated rings. The molecule has 0 radical (unpaired) electrons. The zero-order chi connectivity index (χ0) is 20.4. The van der Waals surface area contributed by atoms with Crippen LogP contribution in [0, 0.1) is 0 Å². The van der Waals surface area contributed by atoms with Gasteiger partial charge in [-0.1, -0.05) is 45.4 Å². The lowest BCUT2D eigenvalue weighted by Crippen LogP contribution is -2.36. The summed E-state index contributed by atoms with van der Waals surface area (Å²) in [7, 11) is -3.56. The van der Waals surface area contributed by atoms with Crippen molar-refractivity contribution in [2.45, 2.75) is 56.9 Å². The molecule has 2 N–H and O–H groups in total. The molecule has 0 aliphatic carbocycles. The third-order valence-electron chi connectivity index (χ3n) is 4.96. The van der Waals surface area contributed by atoms with Gasteiger partial charge in [0.1, 0.15) is 5.69 Å². The van der Waals surface area contributed by atoms with Gasteiger partial charge in [-0.2, -0.15) is 9.40 Å². The predicted octanol–water partition coefficient (Wildman–Crippen LogP) is 2.81. The van der Waals surface area contributed by atoms with Crippen molar-refractivity contribution in [3.8, 4) is 0 Å². The number of benzene rings is 1. The van der Waals surface area contributed by atoms with E-state index in [1.807, 2.05) is 20.8 Å². The topological polar surface area (TPSA) is 95.2 Å². The fourth-order valence-electron chi connectivity index (χ4n) is 3.23. The zero-order valence-electron chi connectivity index (χ0n) is 16.7. The number of hydrogen-bond acceptors (Lipinski definition) is 4. The summed E-state index contributed by atoms with van der Waals surface area (Å²) in [6.07, 6.45) is 2.82. The van der Waals surface area contributed by atoms with E-state index >= 15 is 0 Å². The number of hydrogen-bond donors (Lipinski definition) is 2. The Bertz CT molecular complexity index is 938. The van der Waals surface area contributed by atoms with Crippen LogP contribution in [0.25, 0.3) is 0 Å². The second-order valence-corrected chi connectivity index (χ2v) is 10.1. The van der Waals surface area contributed by atoms with Crippen LogP contribution >= 0.6 is 0 Å². The van der Waals surface area contributed by atoms with E-state index < -0.39 is 10.0 Å². The number of aromatic amines is 1. The van der Waals surface area contributed by atoms with Gasteiger partial charge < -0.3 is 5.32 Å². The predicted molar refractivity (Wildman–Crippen MR) is 108 cm³/mol. The Labute approximate surface area is 166 Å². The van der Waals surface area contributed by atoms with Crippen LogP contribution in [0.3, 0.4) is 0 Å². The molecular weight excluding hydrogens is 376 g/mol. The summed E-state index contributed by atoms with van der Waals surface area (Å²) in [5, 5.41) is 9.76. The molecule has 0 bridgehead atoms. The average Bonchev–Trinajstić information content (AvgIpc) is 3.18. The lowest BCUT2D eigenvalue weighted by atomic mass is 9.92. The first-order valence-electron chi connectivity index (χ1n) is 9.62. The summed E-state index contributed by atoms with van der Waals surface area (Å²) in [4.78, 5) is 12.7. The van der Waals surface area contributed by atoms with E-state index in [4.69, 9.17) is 0 Å². The van der Waals surface area contributed by atoms with Crippen LogP contribution in [-0.4, -0.2) is 41.9 Å². The normalized spacial score (nSPS) is 16.1. The van der Waals surface area contributed by atoms with E-state index in [9.17, 15) is 13.2 Å². The Morgan fingerprint density at radius 3 is 2.50 bits per heavy atom. The molecule has 2 heterocycles. The minimum Gasteiger partial charge on any atom is -0.347 e. The molecule has 152 valence electrons. The first kappa shape index (κ1) is 20.5. The third kappa shape index (κ3) is 4.44. The largest absolute Gasteiger partial charge is 0.347 e. The van der Waals surface area contributed by atoms with E-state index in [-0.39, 0.29) is 22.8 Å². The molecule has 1 aliphatic heterocycles. The number of nitrogens with zero attached hydrogens (tertiary/aromatic N) is 2. The smallest absolute Gasteiger partial charge is 0.272 e. The lowest BCUT2D eigenvalue weighted by Gasteiger charge is -2.26. The van der Waals surface area contributed by atoms with Crippen molar-refractivity contribution in [3.05, 3.63) is 47.3 Å². The highest BCUT2D eigenvalue weighted by Crippen LogP contribution is 2.24. The number of sulfonamides is 1. The van der Waals surface area contributed by atoms with Crippen LogP contribution in [0.5, 0.6) is 0 Å². The number of carbonyl (C=O) groups excluding carboxylic acids is 1. The van der Waals surface area contributed by atoms with Crippen molar-refractivity contribution in [2.24, 2.45) is 0 Å². The molecular formula is C20H28N4O3S. The van der Waals surface area contributed by atoms with Crippen LogP contribution < -0.4 is 5.32 Å². The highest BCUT2D eigenvalue weighted by Gasteiger charge is 2.28. The minimum absolute atomic E-state index is 0.125. The summed E-state index contributed by atoms with van der Waals surface area (Å²) in [6.45, 7) is 7.31. The van der Waals surface area contributed by atoms with E-state index in [1.165, 1.54) is 0 Å². The Kier molecular flexibility index (Phi) is 5.90. The number of aromatic nitrogens is 2. The maximum atomic E-state index is 13.0. The molecule has 1 aromatic carbocycles. The van der Waals surface area contributed by atoms with Crippen LogP contribution in [0.1, 0.15) is 61.8 Å². The monoisotopic (exact) mass is 404 g/mol. The zero-order valence-corrected chi connectivity index (χ0v) is 17.5. The van der Waals surface area contributed by atoms with Gasteiger partial charge in [0.05, 0.1) is 4.90 Å². The Balaban J connectivity index is 1.75. The van der Waals surface area contributed by atoms with Gasteiger partial charge in [-0.3, -0.25) is 9.89 Å². The third-order valence-corrected chi connectivity index (χ3v) is 6.96. The summed E-state index contributed by atoms with van der Waals surface area (Å²) in [6, 6.07) is 8.57. The van der Waals surface area contributed by atoms with Crippen molar-refractivity contribution in [1.82, 2.24) is 19.8 Å². The van der Waals surface area contributed by atoms with Gasteiger partial charge in [0, 0.05) is 30.7 Å². The average molecular weight is 405 g/mol. The number of piperidine rings is 1. The lowest BCUT2D eigenvalue weighted by molar-refractivity contribution is 0.0945. The number of amides is 1. The summed E-state index contributed by atoms with van der Waals surface area (Å²) < 4.78 is 27.6. The highest BCUT2D eigenvalue weighted by atomic mass is 32.2. The molecule has 2 aromatic rings. The molecule has 0 unspecified atom stereocenters. The first-order chi connectivity index (χ1) is 13.2. The standard InChI is InChI=1S/C20H28N4O3S/c1-20(2,3)18-13-16(22-23-18)19(25)21-14-15-9-5-6-10-17(15)28(26,27)24-11-7-4-8-12-24/h5-6,9-10,13H,4,7-8,11-12,14H2,1-3H3,(H,21,25)(H,22,23). The van der Waals surface area contributed by atoms with Gasteiger partial charge >= 0.3 is 0 Å². The Hall–Kier alpha value is -2.19. The number of rotatable bonds is 5. The van der Waals surface area contributed by atoms with Crippen molar-refractivity contribution >= 4 is 15.9 Å². The van der Waals surface area contributed by atoms with E-state index in [1.54, 1.807) is 34.6 Å². The maximum Gasteiger partial charge on any atom is 0.272 e. The summed E-state index contributed by atoms with van der Waals surface area (Å²) >= 11 is 0. The number of carbonyl (C=O) groups is 1. The Morgan fingerprint density at radius 2 is 1.86 bits per heavy atom. The number of H-pyrrole nitrogens is 1. The summed E-state index contributed by atoms with van der Waals surface area (Å²) in [5.74, 6) is -0.336. The quantitative estimate of drug-likeness (QED) is 0.801. The molecule has 1 saturated heterocycles. The molecule has 0 saturated carbocycles. The molecule has 7 nitrogen and oxygen atoms in total. The molecule has 0 spiro atoms. The van der Waals surface area contributed by atoms with Crippen molar-refractivity contribution in [2.75, 3.05) is 13.1 Å². The van der Waals surface area contributed by atoms with Crippen molar-refractivity contribution in [1.29, 1.82) is 0 Å². The molecule has 8 heteroatoms. The van der Waals surface area contributed by atoms with Crippen LogP contribution in [0.4, 0.5) is 0 Å². The van der Waals surface area contributed by atoms with E-state index in [0.717, 1.165) is 25.0 Å². The van der Waals surface area contributed by atoms with E-state index in [2.05, 4.69) is 15.5 Å². The molecule has 28 heavy (non-hydrogen) atoms. The van der Waals surface area contributed by atoms with Gasteiger partial charge in [-0.25, -0.2) is 8.42 Å². The maximum absolute atomic E-state index is 13.0. The highest BCUT2D eigenvalue weighted by molar-refractivity contribution is 7.89. The number of nitrogens with one attached hydrogen (secondary N) is 2. The molecule has 1 amide bonds. The van der Waals surface area contributed by atoms with E-state index in [0.29, 0.717) is 24.3 Å². The van der Waals surface area contributed by atoms with Gasteiger partial charge in [-0.15, -0.1) is 0 Å². The Morgan fingerprint density at radius 1 is 1.18 bits per heavy atom. The van der Waals surface area contributed by atoms with Crippen LogP contribution in [-0.2, 0) is 22.0 Å².